The third-order valence-electron chi connectivity index (χ3n) is 3.58. The van der Waals surface area contributed by atoms with Gasteiger partial charge in [0.15, 0.2) is 0 Å². The van der Waals surface area contributed by atoms with Gasteiger partial charge in [-0.1, -0.05) is 36.4 Å². The minimum absolute atomic E-state index is 0.269. The molecule has 0 saturated carbocycles. The number of esters is 1. The Bertz CT molecular complexity index is 698. The fraction of sp³-hybridized carbons (Fsp3) is 0.250. The standard InChI is InChI=1S/C20H21NO4/c22-18(21-19(23)16-10-4-1-5-11-16)14-8-3-9-15-25-20(24)17-12-6-2-7-13-17/h1-2,4-7,10-13H,3,8-9,14-15H2,(H,21,22,23). The lowest BCUT2D eigenvalue weighted by atomic mass is 10.1. The zero-order valence-electron chi connectivity index (χ0n) is 13.9. The second-order valence-corrected chi connectivity index (χ2v) is 5.56. The van der Waals surface area contributed by atoms with E-state index in [1.807, 2.05) is 12.1 Å². The number of amides is 2. The molecule has 1 N–H and O–H groups in total. The normalized spacial score (nSPS) is 10.1. The highest BCUT2D eigenvalue weighted by Gasteiger charge is 2.09. The van der Waals surface area contributed by atoms with Crippen LogP contribution in [0.3, 0.4) is 0 Å². The molecule has 5 heteroatoms. The zero-order chi connectivity index (χ0) is 17.9. The summed E-state index contributed by atoms with van der Waals surface area (Å²) in [5, 5.41) is 2.36. The van der Waals surface area contributed by atoms with Gasteiger partial charge in [-0.3, -0.25) is 14.9 Å². The molecule has 0 atom stereocenters. The molecule has 2 aromatic rings. The predicted molar refractivity (Wildman–Crippen MR) is 94.1 cm³/mol. The van der Waals surface area contributed by atoms with E-state index in [1.165, 1.54) is 0 Å². The van der Waals surface area contributed by atoms with Crippen LogP contribution < -0.4 is 5.32 Å². The molecule has 0 aliphatic rings. The van der Waals surface area contributed by atoms with Crippen LogP contribution in [0, 0.1) is 0 Å². The summed E-state index contributed by atoms with van der Waals surface area (Å²) in [4.78, 5) is 35.3. The summed E-state index contributed by atoms with van der Waals surface area (Å²) in [5.74, 6) is -1.02. The van der Waals surface area contributed by atoms with E-state index in [4.69, 9.17) is 4.74 Å². The molecule has 0 radical (unpaired) electrons. The summed E-state index contributed by atoms with van der Waals surface area (Å²) in [5.41, 5.74) is 0.991. The number of benzene rings is 2. The SMILES string of the molecule is O=C(CCCCCOC(=O)c1ccccc1)NC(=O)c1ccccc1. The molecule has 0 aromatic heterocycles. The van der Waals surface area contributed by atoms with Crippen LogP contribution in [-0.4, -0.2) is 24.4 Å². The predicted octanol–water partition coefficient (Wildman–Crippen LogP) is 3.36. The van der Waals surface area contributed by atoms with Crippen molar-refractivity contribution in [3.8, 4) is 0 Å². The average Bonchev–Trinajstić information content (AvgIpc) is 2.65. The third-order valence-corrected chi connectivity index (χ3v) is 3.58. The lowest BCUT2D eigenvalue weighted by Gasteiger charge is -2.05. The van der Waals surface area contributed by atoms with Gasteiger partial charge in [0.25, 0.3) is 5.91 Å². The van der Waals surface area contributed by atoms with Crippen LogP contribution in [0.15, 0.2) is 60.7 Å². The van der Waals surface area contributed by atoms with Gasteiger partial charge >= 0.3 is 5.97 Å². The highest BCUT2D eigenvalue weighted by atomic mass is 16.5. The monoisotopic (exact) mass is 339 g/mol. The van der Waals surface area contributed by atoms with Crippen molar-refractivity contribution in [1.29, 1.82) is 0 Å². The second kappa shape index (κ2) is 10.0. The van der Waals surface area contributed by atoms with Crippen molar-refractivity contribution in [3.05, 3.63) is 71.8 Å². The summed E-state index contributed by atoms with van der Waals surface area (Å²) >= 11 is 0. The summed E-state index contributed by atoms with van der Waals surface area (Å²) in [6, 6.07) is 17.4. The average molecular weight is 339 g/mol. The van der Waals surface area contributed by atoms with Crippen LogP contribution in [0.2, 0.25) is 0 Å². The molecule has 0 spiro atoms. The third kappa shape index (κ3) is 6.59. The number of carbonyl (C=O) groups excluding carboxylic acids is 3. The van der Waals surface area contributed by atoms with E-state index in [0.717, 1.165) is 6.42 Å². The molecular weight excluding hydrogens is 318 g/mol. The van der Waals surface area contributed by atoms with Crippen molar-refractivity contribution >= 4 is 17.8 Å². The van der Waals surface area contributed by atoms with Crippen molar-refractivity contribution in [2.24, 2.45) is 0 Å². The van der Waals surface area contributed by atoms with E-state index in [0.29, 0.717) is 30.6 Å². The minimum Gasteiger partial charge on any atom is -0.462 e. The van der Waals surface area contributed by atoms with E-state index >= 15 is 0 Å². The molecule has 0 unspecified atom stereocenters. The van der Waals surface area contributed by atoms with Crippen LogP contribution in [0.4, 0.5) is 0 Å². The molecular formula is C20H21NO4. The van der Waals surface area contributed by atoms with E-state index in [1.54, 1.807) is 48.5 Å². The number of nitrogens with one attached hydrogen (secondary N) is 1. The number of imide groups is 1. The molecule has 5 nitrogen and oxygen atoms in total. The molecule has 0 heterocycles. The Morgan fingerprint density at radius 3 is 2.00 bits per heavy atom. The molecule has 2 aromatic carbocycles. The maximum atomic E-state index is 11.8. The molecule has 0 fully saturated rings. The van der Waals surface area contributed by atoms with Gasteiger partial charge in [0, 0.05) is 12.0 Å². The Morgan fingerprint density at radius 1 is 0.760 bits per heavy atom. The van der Waals surface area contributed by atoms with Crippen LogP contribution in [0.5, 0.6) is 0 Å². The maximum Gasteiger partial charge on any atom is 0.338 e. The first-order valence-corrected chi connectivity index (χ1v) is 8.28. The number of ether oxygens (including phenoxy) is 1. The molecule has 0 saturated heterocycles. The van der Waals surface area contributed by atoms with Crippen molar-refractivity contribution in [2.45, 2.75) is 25.7 Å². The van der Waals surface area contributed by atoms with Gasteiger partial charge in [-0.05, 0) is 43.5 Å². The number of unbranched alkanes of at least 4 members (excludes halogenated alkanes) is 2. The van der Waals surface area contributed by atoms with Gasteiger partial charge in [-0.2, -0.15) is 0 Å². The molecule has 25 heavy (non-hydrogen) atoms. The Kier molecular flexibility index (Phi) is 7.38. The number of hydrogen-bond donors (Lipinski definition) is 1. The quantitative estimate of drug-likeness (QED) is 0.591. The zero-order valence-corrected chi connectivity index (χ0v) is 13.9. The van der Waals surface area contributed by atoms with Gasteiger partial charge in [-0.15, -0.1) is 0 Å². The van der Waals surface area contributed by atoms with Crippen LogP contribution in [0.25, 0.3) is 0 Å². The topological polar surface area (TPSA) is 72.5 Å². The van der Waals surface area contributed by atoms with Crippen molar-refractivity contribution in [2.75, 3.05) is 6.61 Å². The van der Waals surface area contributed by atoms with Crippen LogP contribution >= 0.6 is 0 Å². The Hall–Kier alpha value is -2.95. The first kappa shape index (κ1) is 18.4. The first-order chi connectivity index (χ1) is 12.2. The van der Waals surface area contributed by atoms with Crippen LogP contribution in [0.1, 0.15) is 46.4 Å². The number of hydrogen-bond acceptors (Lipinski definition) is 4. The Balaban J connectivity index is 1.56. The van der Waals surface area contributed by atoms with Gasteiger partial charge in [0.1, 0.15) is 0 Å². The Morgan fingerprint density at radius 2 is 1.36 bits per heavy atom. The van der Waals surface area contributed by atoms with Crippen LogP contribution in [-0.2, 0) is 9.53 Å². The highest BCUT2D eigenvalue weighted by molar-refractivity contribution is 6.04. The molecule has 0 aliphatic heterocycles. The lowest BCUT2D eigenvalue weighted by Crippen LogP contribution is -2.30. The Labute approximate surface area is 147 Å². The smallest absolute Gasteiger partial charge is 0.338 e. The van der Waals surface area contributed by atoms with Gasteiger partial charge in [0.2, 0.25) is 5.91 Å². The molecule has 0 aliphatic carbocycles. The number of rotatable bonds is 8. The summed E-state index contributed by atoms with van der Waals surface area (Å²) < 4.78 is 5.16. The molecule has 2 amide bonds. The number of carbonyl (C=O) groups is 3. The van der Waals surface area contributed by atoms with E-state index in [2.05, 4.69) is 5.32 Å². The summed E-state index contributed by atoms with van der Waals surface area (Å²) in [6.07, 6.45) is 2.33. The van der Waals surface area contributed by atoms with Gasteiger partial charge in [0.05, 0.1) is 12.2 Å². The van der Waals surface area contributed by atoms with Crippen molar-refractivity contribution in [1.82, 2.24) is 5.32 Å². The summed E-state index contributed by atoms with van der Waals surface area (Å²) in [7, 11) is 0. The van der Waals surface area contributed by atoms with Gasteiger partial charge in [-0.25, -0.2) is 4.79 Å². The molecule has 0 bridgehead atoms. The summed E-state index contributed by atoms with van der Waals surface area (Å²) in [6.45, 7) is 0.318. The van der Waals surface area contributed by atoms with E-state index < -0.39 is 0 Å². The van der Waals surface area contributed by atoms with Crippen molar-refractivity contribution < 1.29 is 19.1 Å². The fourth-order valence-electron chi connectivity index (χ4n) is 2.24. The van der Waals surface area contributed by atoms with Gasteiger partial charge < -0.3 is 4.74 Å². The fourth-order valence-corrected chi connectivity index (χ4v) is 2.24. The largest absolute Gasteiger partial charge is 0.462 e. The first-order valence-electron chi connectivity index (χ1n) is 8.28. The second-order valence-electron chi connectivity index (χ2n) is 5.56. The maximum absolute atomic E-state index is 11.8. The minimum atomic E-state index is -0.387. The molecule has 2 rings (SSSR count). The van der Waals surface area contributed by atoms with Crippen molar-refractivity contribution in [3.63, 3.8) is 0 Å². The highest BCUT2D eigenvalue weighted by Crippen LogP contribution is 2.05. The van der Waals surface area contributed by atoms with E-state index in [9.17, 15) is 14.4 Å². The van der Waals surface area contributed by atoms with E-state index in [-0.39, 0.29) is 24.2 Å². The molecule has 130 valence electrons. The lowest BCUT2D eigenvalue weighted by molar-refractivity contribution is -0.120.